The zero-order chi connectivity index (χ0) is 9.84. The molecular formula is C10H16N2O. The maximum Gasteiger partial charge on any atom is 0.0696 e. The lowest BCUT2D eigenvalue weighted by molar-refractivity contribution is 0.245. The molecule has 13 heavy (non-hydrogen) atoms. The summed E-state index contributed by atoms with van der Waals surface area (Å²) in [5, 5.41) is 13.2. The lowest BCUT2D eigenvalue weighted by Gasteiger charge is -2.02. The highest BCUT2D eigenvalue weighted by atomic mass is 16.3. The Bertz CT molecular complexity index is 287. The summed E-state index contributed by atoms with van der Waals surface area (Å²) >= 11 is 0. The summed E-state index contributed by atoms with van der Waals surface area (Å²) in [6.07, 6.45) is 6.96. The van der Waals surface area contributed by atoms with Crippen molar-refractivity contribution in [1.29, 1.82) is 0 Å². The van der Waals surface area contributed by atoms with E-state index in [2.05, 4.69) is 18.9 Å². The van der Waals surface area contributed by atoms with Crippen molar-refractivity contribution in [2.24, 2.45) is 0 Å². The molecule has 0 saturated heterocycles. The quantitative estimate of drug-likeness (QED) is 0.771. The second kappa shape index (κ2) is 4.23. The summed E-state index contributed by atoms with van der Waals surface area (Å²) in [4.78, 5) is 0. The summed E-state index contributed by atoms with van der Waals surface area (Å²) in [7, 11) is 0. The van der Waals surface area contributed by atoms with Gasteiger partial charge in [0.15, 0.2) is 0 Å². The standard InChI is InChI=1S/C10H16N2O/c1-8(2)12-7-10(6-11-12)5-4-9(3)13/h4-9,13H,1-3H3/b5-4+. The third-order valence-electron chi connectivity index (χ3n) is 1.72. The van der Waals surface area contributed by atoms with Crippen molar-refractivity contribution >= 4 is 6.08 Å². The third-order valence-corrected chi connectivity index (χ3v) is 1.72. The van der Waals surface area contributed by atoms with E-state index in [1.807, 2.05) is 17.0 Å². The maximum absolute atomic E-state index is 9.02. The van der Waals surface area contributed by atoms with Gasteiger partial charge in [0, 0.05) is 17.8 Å². The molecule has 1 atom stereocenters. The topological polar surface area (TPSA) is 38.1 Å². The van der Waals surface area contributed by atoms with Crippen molar-refractivity contribution in [3.8, 4) is 0 Å². The van der Waals surface area contributed by atoms with E-state index < -0.39 is 6.10 Å². The van der Waals surface area contributed by atoms with E-state index in [1.54, 1.807) is 19.2 Å². The van der Waals surface area contributed by atoms with E-state index in [-0.39, 0.29) is 0 Å². The summed E-state index contributed by atoms with van der Waals surface area (Å²) in [5.74, 6) is 0. The van der Waals surface area contributed by atoms with Crippen LogP contribution in [0.5, 0.6) is 0 Å². The largest absolute Gasteiger partial charge is 0.389 e. The van der Waals surface area contributed by atoms with E-state index in [0.29, 0.717) is 6.04 Å². The van der Waals surface area contributed by atoms with Gasteiger partial charge in [0.2, 0.25) is 0 Å². The van der Waals surface area contributed by atoms with Crippen LogP contribution in [0.25, 0.3) is 6.08 Å². The van der Waals surface area contributed by atoms with Gasteiger partial charge in [-0.2, -0.15) is 5.10 Å². The molecule has 0 aliphatic carbocycles. The van der Waals surface area contributed by atoms with Crippen LogP contribution in [0.2, 0.25) is 0 Å². The first-order valence-corrected chi connectivity index (χ1v) is 4.50. The van der Waals surface area contributed by atoms with Crippen molar-refractivity contribution in [2.75, 3.05) is 0 Å². The lowest BCUT2D eigenvalue weighted by atomic mass is 10.3. The smallest absolute Gasteiger partial charge is 0.0696 e. The molecule has 0 spiro atoms. The van der Waals surface area contributed by atoms with E-state index in [1.165, 1.54) is 0 Å². The number of hydrogen-bond acceptors (Lipinski definition) is 2. The van der Waals surface area contributed by atoms with Gasteiger partial charge in [-0.1, -0.05) is 12.2 Å². The lowest BCUT2D eigenvalue weighted by Crippen LogP contribution is -1.99. The first kappa shape index (κ1) is 9.99. The zero-order valence-electron chi connectivity index (χ0n) is 8.31. The molecule has 0 aliphatic rings. The number of hydrogen-bond donors (Lipinski definition) is 1. The molecule has 0 aromatic carbocycles. The molecule has 1 unspecified atom stereocenters. The predicted molar refractivity (Wildman–Crippen MR) is 53.3 cm³/mol. The normalized spacial score (nSPS) is 14.2. The number of aromatic nitrogens is 2. The second-order valence-corrected chi connectivity index (χ2v) is 3.45. The molecule has 72 valence electrons. The Morgan fingerprint density at radius 1 is 1.46 bits per heavy atom. The predicted octanol–water partition coefficient (Wildman–Crippen LogP) is 1.86. The molecular weight excluding hydrogens is 164 g/mol. The molecule has 0 fully saturated rings. The molecule has 1 aromatic rings. The Morgan fingerprint density at radius 3 is 2.62 bits per heavy atom. The van der Waals surface area contributed by atoms with Crippen molar-refractivity contribution in [3.05, 3.63) is 24.0 Å². The summed E-state index contributed by atoms with van der Waals surface area (Å²) in [6, 6.07) is 0.383. The minimum atomic E-state index is -0.401. The molecule has 3 heteroatoms. The minimum absolute atomic E-state index is 0.383. The van der Waals surface area contributed by atoms with Crippen LogP contribution in [0.15, 0.2) is 18.5 Å². The Morgan fingerprint density at radius 2 is 2.15 bits per heavy atom. The van der Waals surface area contributed by atoms with Crippen LogP contribution >= 0.6 is 0 Å². The van der Waals surface area contributed by atoms with Crippen LogP contribution in [0, 0.1) is 0 Å². The van der Waals surface area contributed by atoms with Crippen molar-refractivity contribution < 1.29 is 5.11 Å². The fourth-order valence-corrected chi connectivity index (χ4v) is 0.972. The third kappa shape index (κ3) is 3.03. The number of rotatable bonds is 3. The Kier molecular flexibility index (Phi) is 3.25. The number of nitrogens with zero attached hydrogens (tertiary/aromatic N) is 2. The van der Waals surface area contributed by atoms with Crippen molar-refractivity contribution in [3.63, 3.8) is 0 Å². The van der Waals surface area contributed by atoms with Gasteiger partial charge in [-0.15, -0.1) is 0 Å². The summed E-state index contributed by atoms with van der Waals surface area (Å²) in [6.45, 7) is 5.88. The van der Waals surface area contributed by atoms with Crippen LogP contribution in [0.3, 0.4) is 0 Å². The highest BCUT2D eigenvalue weighted by Gasteiger charge is 1.98. The molecule has 1 N–H and O–H groups in total. The van der Waals surface area contributed by atoms with Gasteiger partial charge in [0.05, 0.1) is 12.3 Å². The number of aliphatic hydroxyl groups excluding tert-OH is 1. The van der Waals surface area contributed by atoms with Gasteiger partial charge < -0.3 is 5.11 Å². The minimum Gasteiger partial charge on any atom is -0.389 e. The SMILES string of the molecule is CC(O)/C=C/c1cnn(C(C)C)c1. The average Bonchev–Trinajstić information content (AvgIpc) is 2.48. The zero-order valence-corrected chi connectivity index (χ0v) is 8.31. The summed E-state index contributed by atoms with van der Waals surface area (Å²) < 4.78 is 1.89. The monoisotopic (exact) mass is 180 g/mol. The van der Waals surface area contributed by atoms with Gasteiger partial charge in [-0.3, -0.25) is 4.68 Å². The van der Waals surface area contributed by atoms with Crippen LogP contribution in [0.4, 0.5) is 0 Å². The maximum atomic E-state index is 9.02. The van der Waals surface area contributed by atoms with E-state index in [4.69, 9.17) is 5.11 Å². The summed E-state index contributed by atoms with van der Waals surface area (Å²) in [5.41, 5.74) is 1.02. The first-order valence-electron chi connectivity index (χ1n) is 4.50. The fraction of sp³-hybridized carbons (Fsp3) is 0.500. The Hall–Kier alpha value is -1.09. The van der Waals surface area contributed by atoms with E-state index >= 15 is 0 Å². The highest BCUT2D eigenvalue weighted by Crippen LogP contribution is 2.06. The van der Waals surface area contributed by atoms with Gasteiger partial charge in [-0.05, 0) is 20.8 Å². The van der Waals surface area contributed by atoms with Crippen LogP contribution in [0.1, 0.15) is 32.4 Å². The molecule has 0 bridgehead atoms. The van der Waals surface area contributed by atoms with Crippen molar-refractivity contribution in [1.82, 2.24) is 9.78 Å². The van der Waals surface area contributed by atoms with E-state index in [9.17, 15) is 0 Å². The molecule has 1 aromatic heterocycles. The average molecular weight is 180 g/mol. The molecule has 3 nitrogen and oxygen atoms in total. The molecule has 0 saturated carbocycles. The second-order valence-electron chi connectivity index (χ2n) is 3.45. The number of aliphatic hydroxyl groups is 1. The van der Waals surface area contributed by atoms with Crippen LogP contribution < -0.4 is 0 Å². The van der Waals surface area contributed by atoms with Crippen LogP contribution in [-0.2, 0) is 0 Å². The highest BCUT2D eigenvalue weighted by molar-refractivity contribution is 5.47. The molecule has 1 heterocycles. The van der Waals surface area contributed by atoms with E-state index in [0.717, 1.165) is 5.56 Å². The Labute approximate surface area is 78.7 Å². The molecule has 0 amide bonds. The molecule has 1 rings (SSSR count). The van der Waals surface area contributed by atoms with Gasteiger partial charge >= 0.3 is 0 Å². The van der Waals surface area contributed by atoms with Gasteiger partial charge in [0.1, 0.15) is 0 Å². The first-order chi connectivity index (χ1) is 6.09. The van der Waals surface area contributed by atoms with Crippen LogP contribution in [-0.4, -0.2) is 21.0 Å². The van der Waals surface area contributed by atoms with Gasteiger partial charge in [0.25, 0.3) is 0 Å². The van der Waals surface area contributed by atoms with Gasteiger partial charge in [-0.25, -0.2) is 0 Å². The Balaban J connectivity index is 2.69. The van der Waals surface area contributed by atoms with Crippen molar-refractivity contribution in [2.45, 2.75) is 32.9 Å². The fourth-order valence-electron chi connectivity index (χ4n) is 0.972. The molecule has 0 radical (unpaired) electrons. The molecule has 0 aliphatic heterocycles.